The molecule has 1 amide bonds. The number of hydrogen-bond acceptors (Lipinski definition) is 4. The molecule has 0 aliphatic carbocycles. The van der Waals surface area contributed by atoms with Crippen molar-refractivity contribution in [1.29, 1.82) is 0 Å². The standard InChI is InChI=1S/C17H14ClNO4/c1-19-15-7-4-11(18)9-14(15)17(22,16(19)21)10-12(20)5-6-13-3-2-8-23-13/h2-9,22H,10H2,1H3/b6-5-/t17-/m1/s1. The second-order valence-corrected chi connectivity index (χ2v) is 5.81. The molecule has 0 spiro atoms. The van der Waals surface area contributed by atoms with Gasteiger partial charge in [-0.15, -0.1) is 0 Å². The summed E-state index contributed by atoms with van der Waals surface area (Å²) in [5.41, 5.74) is -1.01. The van der Waals surface area contributed by atoms with E-state index in [0.717, 1.165) is 0 Å². The van der Waals surface area contributed by atoms with Crippen LogP contribution in [0.15, 0.2) is 47.1 Å². The number of furan rings is 1. The number of rotatable bonds is 4. The predicted octanol–water partition coefficient (Wildman–Crippen LogP) is 2.77. The van der Waals surface area contributed by atoms with E-state index in [1.807, 2.05) is 0 Å². The molecule has 1 aromatic carbocycles. The van der Waals surface area contributed by atoms with Crippen LogP contribution in [0.25, 0.3) is 6.08 Å². The summed E-state index contributed by atoms with van der Waals surface area (Å²) in [4.78, 5) is 25.9. The van der Waals surface area contributed by atoms with E-state index in [9.17, 15) is 14.7 Å². The molecule has 1 N–H and O–H groups in total. The lowest BCUT2D eigenvalue weighted by Gasteiger charge is -2.20. The van der Waals surface area contributed by atoms with E-state index < -0.39 is 17.3 Å². The Bertz CT molecular complexity index is 797. The number of anilines is 1. The maximum absolute atomic E-state index is 12.4. The third-order valence-electron chi connectivity index (χ3n) is 3.83. The Morgan fingerprint density at radius 1 is 1.43 bits per heavy atom. The zero-order valence-corrected chi connectivity index (χ0v) is 13.1. The lowest BCUT2D eigenvalue weighted by molar-refractivity contribution is -0.140. The molecule has 3 rings (SSSR count). The van der Waals surface area contributed by atoms with Crippen molar-refractivity contribution in [2.45, 2.75) is 12.0 Å². The van der Waals surface area contributed by atoms with Crippen molar-refractivity contribution in [1.82, 2.24) is 0 Å². The zero-order chi connectivity index (χ0) is 16.6. The molecular formula is C17H14ClNO4. The smallest absolute Gasteiger partial charge is 0.263 e. The fourth-order valence-electron chi connectivity index (χ4n) is 2.68. The molecule has 0 bridgehead atoms. The van der Waals surface area contributed by atoms with Crippen molar-refractivity contribution in [2.24, 2.45) is 0 Å². The van der Waals surface area contributed by atoms with Crippen LogP contribution in [0.1, 0.15) is 17.7 Å². The second-order valence-electron chi connectivity index (χ2n) is 5.38. The predicted molar refractivity (Wildman–Crippen MR) is 86.1 cm³/mol. The first-order valence-electron chi connectivity index (χ1n) is 6.97. The van der Waals surface area contributed by atoms with Crippen LogP contribution in [0.4, 0.5) is 5.69 Å². The highest BCUT2D eigenvalue weighted by Crippen LogP contribution is 2.42. The van der Waals surface area contributed by atoms with Crippen molar-refractivity contribution in [3.05, 3.63) is 59.0 Å². The molecular weight excluding hydrogens is 318 g/mol. The first kappa shape index (κ1) is 15.5. The first-order chi connectivity index (χ1) is 10.9. The highest BCUT2D eigenvalue weighted by molar-refractivity contribution is 6.31. The van der Waals surface area contributed by atoms with E-state index in [1.165, 1.54) is 29.4 Å². The number of benzene rings is 1. The Kier molecular flexibility index (Phi) is 3.83. The summed E-state index contributed by atoms with van der Waals surface area (Å²) < 4.78 is 5.10. The van der Waals surface area contributed by atoms with Crippen LogP contribution in [-0.4, -0.2) is 23.8 Å². The number of ketones is 1. The van der Waals surface area contributed by atoms with Gasteiger partial charge in [-0.3, -0.25) is 9.59 Å². The molecule has 0 fully saturated rings. The monoisotopic (exact) mass is 331 g/mol. The molecule has 2 heterocycles. The summed E-state index contributed by atoms with van der Waals surface area (Å²) in [5.74, 6) is -0.420. The summed E-state index contributed by atoms with van der Waals surface area (Å²) in [6, 6.07) is 8.19. The number of halogens is 1. The van der Waals surface area contributed by atoms with E-state index in [4.69, 9.17) is 16.0 Å². The van der Waals surface area contributed by atoms with Gasteiger partial charge in [-0.2, -0.15) is 0 Å². The largest absolute Gasteiger partial charge is 0.465 e. The van der Waals surface area contributed by atoms with Crippen LogP contribution in [0.2, 0.25) is 5.02 Å². The minimum atomic E-state index is -1.90. The maximum Gasteiger partial charge on any atom is 0.263 e. The minimum absolute atomic E-state index is 0.345. The van der Waals surface area contributed by atoms with Crippen LogP contribution < -0.4 is 4.90 Å². The zero-order valence-electron chi connectivity index (χ0n) is 12.3. The molecule has 1 aliphatic heterocycles. The third kappa shape index (κ3) is 2.69. The van der Waals surface area contributed by atoms with Gasteiger partial charge in [0.1, 0.15) is 5.76 Å². The molecule has 118 valence electrons. The van der Waals surface area contributed by atoms with Gasteiger partial charge in [0.25, 0.3) is 5.91 Å². The van der Waals surface area contributed by atoms with E-state index in [1.54, 1.807) is 31.3 Å². The number of carbonyl (C=O) groups is 2. The van der Waals surface area contributed by atoms with Crippen molar-refractivity contribution in [3.8, 4) is 0 Å². The number of fused-ring (bicyclic) bond motifs is 1. The molecule has 23 heavy (non-hydrogen) atoms. The normalized spacial score (nSPS) is 20.3. The molecule has 6 heteroatoms. The molecule has 5 nitrogen and oxygen atoms in total. The molecule has 0 saturated carbocycles. The molecule has 1 atom stereocenters. The van der Waals surface area contributed by atoms with Crippen LogP contribution in [-0.2, 0) is 15.2 Å². The number of carbonyl (C=O) groups excluding carboxylic acids is 2. The number of aliphatic hydroxyl groups is 1. The molecule has 0 radical (unpaired) electrons. The van der Waals surface area contributed by atoms with Crippen LogP contribution in [0, 0.1) is 0 Å². The summed E-state index contributed by atoms with van der Waals surface area (Å²) in [6.45, 7) is 0. The Balaban J connectivity index is 1.88. The maximum atomic E-state index is 12.4. The number of nitrogens with zero attached hydrogens (tertiary/aromatic N) is 1. The lowest BCUT2D eigenvalue weighted by atomic mass is 9.90. The van der Waals surface area contributed by atoms with Gasteiger partial charge in [-0.05, 0) is 42.5 Å². The van der Waals surface area contributed by atoms with Gasteiger partial charge >= 0.3 is 0 Å². The van der Waals surface area contributed by atoms with Crippen LogP contribution in [0.3, 0.4) is 0 Å². The van der Waals surface area contributed by atoms with Gasteiger partial charge in [0.2, 0.25) is 0 Å². The summed E-state index contributed by atoms with van der Waals surface area (Å²) >= 11 is 5.96. The van der Waals surface area contributed by atoms with E-state index in [0.29, 0.717) is 22.0 Å². The van der Waals surface area contributed by atoms with Gasteiger partial charge < -0.3 is 14.4 Å². The summed E-state index contributed by atoms with van der Waals surface area (Å²) in [6.07, 6.45) is 3.91. The Morgan fingerprint density at radius 3 is 2.91 bits per heavy atom. The number of allylic oxidation sites excluding steroid dienone is 1. The van der Waals surface area contributed by atoms with Gasteiger partial charge in [0.15, 0.2) is 11.4 Å². The average molecular weight is 332 g/mol. The molecule has 1 aliphatic rings. The lowest BCUT2D eigenvalue weighted by Crippen LogP contribution is -2.40. The summed E-state index contributed by atoms with van der Waals surface area (Å²) in [7, 11) is 1.55. The molecule has 0 saturated heterocycles. The highest BCUT2D eigenvalue weighted by Gasteiger charge is 2.49. The van der Waals surface area contributed by atoms with Crippen molar-refractivity contribution in [2.75, 3.05) is 11.9 Å². The molecule has 2 aromatic rings. The van der Waals surface area contributed by atoms with Crippen LogP contribution in [0.5, 0.6) is 0 Å². The highest BCUT2D eigenvalue weighted by atomic mass is 35.5. The Labute approximate surface area is 137 Å². The van der Waals surface area contributed by atoms with Crippen LogP contribution >= 0.6 is 11.6 Å². The van der Waals surface area contributed by atoms with E-state index >= 15 is 0 Å². The third-order valence-corrected chi connectivity index (χ3v) is 4.07. The topological polar surface area (TPSA) is 70.8 Å². The van der Waals surface area contributed by atoms with E-state index in [-0.39, 0.29) is 6.42 Å². The number of hydrogen-bond donors (Lipinski definition) is 1. The average Bonchev–Trinajstić information content (AvgIpc) is 3.09. The van der Waals surface area contributed by atoms with Crippen molar-refractivity contribution >= 4 is 35.1 Å². The molecule has 0 unspecified atom stereocenters. The fourth-order valence-corrected chi connectivity index (χ4v) is 2.85. The Morgan fingerprint density at radius 2 is 2.22 bits per heavy atom. The van der Waals surface area contributed by atoms with E-state index in [2.05, 4.69) is 0 Å². The second kappa shape index (κ2) is 5.68. The van der Waals surface area contributed by atoms with Gasteiger partial charge in [0, 0.05) is 17.6 Å². The van der Waals surface area contributed by atoms with Crippen molar-refractivity contribution in [3.63, 3.8) is 0 Å². The molecule has 1 aromatic heterocycles. The van der Waals surface area contributed by atoms with Crippen molar-refractivity contribution < 1.29 is 19.1 Å². The minimum Gasteiger partial charge on any atom is -0.465 e. The fraction of sp³-hybridized carbons (Fsp3) is 0.176. The number of amides is 1. The quantitative estimate of drug-likeness (QED) is 0.874. The first-order valence-corrected chi connectivity index (χ1v) is 7.34. The SMILES string of the molecule is CN1C(=O)[C@@](O)(CC(=O)/C=C\c2ccco2)c2cc(Cl)ccc21. The number of likely N-dealkylation sites (N-methyl/N-ethyl adjacent to an activating group) is 1. The van der Waals surface area contributed by atoms with Gasteiger partial charge in [0.05, 0.1) is 18.4 Å². The summed E-state index contributed by atoms with van der Waals surface area (Å²) in [5, 5.41) is 11.2. The van der Waals surface area contributed by atoms with Gasteiger partial charge in [-0.25, -0.2) is 0 Å². The Hall–Kier alpha value is -2.37. The van der Waals surface area contributed by atoms with Gasteiger partial charge in [-0.1, -0.05) is 11.6 Å².